The molecule has 0 radical (unpaired) electrons. The Hall–Kier alpha value is -1.90. The van der Waals surface area contributed by atoms with Crippen molar-refractivity contribution in [2.45, 2.75) is 18.9 Å². The number of hydrogen-bond donors (Lipinski definition) is 1. The van der Waals surface area contributed by atoms with Crippen LogP contribution in [0.25, 0.3) is 0 Å². The Morgan fingerprint density at radius 2 is 1.88 bits per heavy atom. The van der Waals surface area contributed by atoms with E-state index in [1.54, 1.807) is 0 Å². The number of benzene rings is 1. The Bertz CT molecular complexity index is 490. The molecular weight excluding hydrogens is 212 g/mol. The Kier molecular flexibility index (Phi) is 2.52. The fourth-order valence-electron chi connectivity index (χ4n) is 2.37. The lowest BCUT2D eigenvalue weighted by Crippen LogP contribution is -2.46. The van der Waals surface area contributed by atoms with Crippen LogP contribution in [0.2, 0.25) is 0 Å². The van der Waals surface area contributed by atoms with Crippen LogP contribution in [0.15, 0.2) is 47.5 Å². The van der Waals surface area contributed by atoms with Gasteiger partial charge in [0.05, 0.1) is 12.0 Å². The average Bonchev–Trinajstić information content (AvgIpc) is 2.40. The molecule has 1 N–H and O–H groups in total. The molecule has 1 aromatic rings. The summed E-state index contributed by atoms with van der Waals surface area (Å²) in [6.07, 6.45) is 5.87. The number of amides is 1. The van der Waals surface area contributed by atoms with E-state index < -0.39 is 0 Å². The molecular formula is C14H14N2O. The minimum absolute atomic E-state index is 0.0208. The predicted octanol–water partition coefficient (Wildman–Crippen LogP) is 1.90. The molecule has 3 nitrogen and oxygen atoms in total. The average molecular weight is 226 g/mol. The van der Waals surface area contributed by atoms with Crippen molar-refractivity contribution in [3.63, 3.8) is 0 Å². The molecule has 1 aromatic carbocycles. The Labute approximate surface area is 100 Å². The maximum absolute atomic E-state index is 12.0. The summed E-state index contributed by atoms with van der Waals surface area (Å²) in [6.45, 7) is 0. The van der Waals surface area contributed by atoms with E-state index in [1.165, 1.54) is 0 Å². The molecule has 2 atom stereocenters. The smallest absolute Gasteiger partial charge is 0.231 e. The molecule has 0 unspecified atom stereocenters. The summed E-state index contributed by atoms with van der Waals surface area (Å²) in [5.74, 6) is 0.841. The van der Waals surface area contributed by atoms with Crippen molar-refractivity contribution in [2.24, 2.45) is 10.9 Å². The van der Waals surface area contributed by atoms with Gasteiger partial charge in [-0.3, -0.25) is 9.79 Å². The molecule has 0 fully saturated rings. The lowest BCUT2D eigenvalue weighted by Gasteiger charge is -2.30. The summed E-state index contributed by atoms with van der Waals surface area (Å²) in [5, 5.41) is 2.91. The third-order valence-corrected chi connectivity index (χ3v) is 3.32. The van der Waals surface area contributed by atoms with Crippen LogP contribution in [-0.2, 0) is 4.79 Å². The van der Waals surface area contributed by atoms with Crippen LogP contribution in [0.4, 0.5) is 0 Å². The van der Waals surface area contributed by atoms with E-state index in [9.17, 15) is 4.79 Å². The number of carbonyl (C=O) groups is 1. The van der Waals surface area contributed by atoms with Crippen LogP contribution in [0.1, 0.15) is 18.4 Å². The molecule has 1 aliphatic carbocycles. The van der Waals surface area contributed by atoms with E-state index >= 15 is 0 Å². The Balaban J connectivity index is 1.95. The molecule has 1 heterocycles. The normalized spacial score (nSPS) is 27.1. The molecule has 2 aliphatic rings. The Morgan fingerprint density at radius 1 is 1.12 bits per heavy atom. The first-order valence-corrected chi connectivity index (χ1v) is 5.93. The minimum atomic E-state index is 0.0208. The van der Waals surface area contributed by atoms with Crippen LogP contribution in [0, 0.1) is 5.92 Å². The van der Waals surface area contributed by atoms with Gasteiger partial charge >= 0.3 is 0 Å². The van der Waals surface area contributed by atoms with Crippen LogP contribution in [0.3, 0.4) is 0 Å². The highest BCUT2D eigenvalue weighted by atomic mass is 16.2. The van der Waals surface area contributed by atoms with E-state index in [4.69, 9.17) is 0 Å². The van der Waals surface area contributed by atoms with E-state index in [1.807, 2.05) is 30.3 Å². The largest absolute Gasteiger partial charge is 0.310 e. The summed E-state index contributed by atoms with van der Waals surface area (Å²) in [6, 6.07) is 9.93. The summed E-state index contributed by atoms with van der Waals surface area (Å²) >= 11 is 0. The summed E-state index contributed by atoms with van der Waals surface area (Å²) in [7, 11) is 0. The maximum atomic E-state index is 12.0. The molecule has 86 valence electrons. The SMILES string of the molecule is O=C1NC(c2ccccc2)=N[C@@H]2CC=CC[C@H]12. The second kappa shape index (κ2) is 4.17. The lowest BCUT2D eigenvalue weighted by atomic mass is 9.87. The van der Waals surface area contributed by atoms with Gasteiger partial charge in [0.2, 0.25) is 5.91 Å². The van der Waals surface area contributed by atoms with Crippen molar-refractivity contribution in [2.75, 3.05) is 0 Å². The third-order valence-electron chi connectivity index (χ3n) is 3.32. The second-order valence-corrected chi connectivity index (χ2v) is 4.45. The summed E-state index contributed by atoms with van der Waals surface area (Å²) in [5.41, 5.74) is 0.980. The van der Waals surface area contributed by atoms with Crippen molar-refractivity contribution < 1.29 is 4.79 Å². The van der Waals surface area contributed by atoms with Gasteiger partial charge in [-0.1, -0.05) is 42.5 Å². The van der Waals surface area contributed by atoms with Crippen LogP contribution < -0.4 is 5.32 Å². The van der Waals surface area contributed by atoms with Gasteiger partial charge in [-0.15, -0.1) is 0 Å². The van der Waals surface area contributed by atoms with Crippen molar-refractivity contribution in [1.82, 2.24) is 5.32 Å². The first-order chi connectivity index (χ1) is 8.34. The second-order valence-electron chi connectivity index (χ2n) is 4.45. The van der Waals surface area contributed by atoms with Gasteiger partial charge < -0.3 is 5.32 Å². The van der Waals surface area contributed by atoms with Gasteiger partial charge in [0.15, 0.2) is 0 Å². The highest BCUT2D eigenvalue weighted by Crippen LogP contribution is 2.25. The standard InChI is InChI=1S/C14H14N2O/c17-14-11-8-4-5-9-12(11)15-13(16-14)10-6-2-1-3-7-10/h1-7,11-12H,8-9H2,(H,15,16,17)/t11-,12+/m0/s1. The number of fused-ring (bicyclic) bond motifs is 1. The van der Waals surface area contributed by atoms with Gasteiger partial charge in [-0.05, 0) is 12.8 Å². The molecule has 0 spiro atoms. The lowest BCUT2D eigenvalue weighted by molar-refractivity contribution is -0.124. The zero-order chi connectivity index (χ0) is 11.7. The van der Waals surface area contributed by atoms with Crippen LogP contribution in [0.5, 0.6) is 0 Å². The first-order valence-electron chi connectivity index (χ1n) is 5.93. The molecule has 1 aliphatic heterocycles. The third kappa shape index (κ3) is 1.88. The summed E-state index contributed by atoms with van der Waals surface area (Å²) in [4.78, 5) is 16.6. The fourth-order valence-corrected chi connectivity index (χ4v) is 2.37. The molecule has 0 bridgehead atoms. The topological polar surface area (TPSA) is 41.5 Å². The van der Waals surface area contributed by atoms with Crippen molar-refractivity contribution in [3.8, 4) is 0 Å². The van der Waals surface area contributed by atoms with E-state index in [2.05, 4.69) is 22.5 Å². The highest BCUT2D eigenvalue weighted by Gasteiger charge is 2.33. The zero-order valence-corrected chi connectivity index (χ0v) is 9.47. The summed E-state index contributed by atoms with van der Waals surface area (Å²) < 4.78 is 0. The fraction of sp³-hybridized carbons (Fsp3) is 0.286. The number of aliphatic imine (C=N–C) groups is 1. The number of carbonyl (C=O) groups excluding carboxylic acids is 1. The zero-order valence-electron chi connectivity index (χ0n) is 9.47. The number of amidine groups is 1. The van der Waals surface area contributed by atoms with Crippen molar-refractivity contribution >= 4 is 11.7 Å². The first kappa shape index (κ1) is 10.3. The molecule has 1 amide bonds. The molecule has 3 heteroatoms. The van der Waals surface area contributed by atoms with Gasteiger partial charge in [-0.2, -0.15) is 0 Å². The molecule has 3 rings (SSSR count). The van der Waals surface area contributed by atoms with Gasteiger partial charge in [0, 0.05) is 5.56 Å². The van der Waals surface area contributed by atoms with Crippen LogP contribution in [-0.4, -0.2) is 17.8 Å². The molecule has 0 aromatic heterocycles. The van der Waals surface area contributed by atoms with E-state index in [0.717, 1.165) is 18.4 Å². The van der Waals surface area contributed by atoms with E-state index in [-0.39, 0.29) is 17.9 Å². The molecule has 17 heavy (non-hydrogen) atoms. The van der Waals surface area contributed by atoms with Gasteiger partial charge in [0.25, 0.3) is 0 Å². The number of nitrogens with zero attached hydrogens (tertiary/aromatic N) is 1. The predicted molar refractivity (Wildman–Crippen MR) is 66.8 cm³/mol. The van der Waals surface area contributed by atoms with Gasteiger partial charge in [0.1, 0.15) is 5.84 Å². The van der Waals surface area contributed by atoms with Crippen molar-refractivity contribution in [3.05, 3.63) is 48.0 Å². The minimum Gasteiger partial charge on any atom is -0.310 e. The number of nitrogens with one attached hydrogen (secondary N) is 1. The van der Waals surface area contributed by atoms with E-state index in [0.29, 0.717) is 5.84 Å². The van der Waals surface area contributed by atoms with Gasteiger partial charge in [-0.25, -0.2) is 0 Å². The highest BCUT2D eigenvalue weighted by molar-refractivity contribution is 6.10. The number of allylic oxidation sites excluding steroid dienone is 1. The van der Waals surface area contributed by atoms with Crippen molar-refractivity contribution in [1.29, 1.82) is 0 Å². The quantitative estimate of drug-likeness (QED) is 0.730. The Morgan fingerprint density at radius 3 is 2.71 bits per heavy atom. The monoisotopic (exact) mass is 226 g/mol. The molecule has 0 saturated heterocycles. The molecule has 0 saturated carbocycles. The maximum Gasteiger partial charge on any atom is 0.231 e. The number of rotatable bonds is 1. The van der Waals surface area contributed by atoms with Crippen LogP contribution >= 0.6 is 0 Å². The number of hydrogen-bond acceptors (Lipinski definition) is 2.